The van der Waals surface area contributed by atoms with Crippen LogP contribution in [0.15, 0.2) is 41.3 Å². The van der Waals surface area contributed by atoms with E-state index in [4.69, 9.17) is 5.73 Å². The average molecular weight is 307 g/mol. The standard InChI is InChI=1S/C17H17N5O/c18-17-20-15-5-6-22(10-13(15)16(23)21-17)9-11-7-12-3-1-2-4-14(12)19-8-11/h1-4,7-8H,5-6,9-10H2,(H3,18,20,21,23). The van der Waals surface area contributed by atoms with Crippen molar-refractivity contribution >= 4 is 16.9 Å². The van der Waals surface area contributed by atoms with Crippen molar-refractivity contribution in [2.45, 2.75) is 19.5 Å². The number of nitrogens with zero attached hydrogens (tertiary/aromatic N) is 3. The summed E-state index contributed by atoms with van der Waals surface area (Å²) < 4.78 is 0. The number of pyridine rings is 1. The van der Waals surface area contributed by atoms with E-state index in [2.05, 4.69) is 32.0 Å². The maximum absolute atomic E-state index is 12.0. The lowest BCUT2D eigenvalue weighted by Crippen LogP contribution is -2.35. The lowest BCUT2D eigenvalue weighted by molar-refractivity contribution is 0.242. The number of rotatable bonds is 2. The van der Waals surface area contributed by atoms with Gasteiger partial charge in [0.2, 0.25) is 5.95 Å². The van der Waals surface area contributed by atoms with Gasteiger partial charge in [-0.05, 0) is 17.7 Å². The molecule has 0 atom stereocenters. The summed E-state index contributed by atoms with van der Waals surface area (Å²) in [5.74, 6) is 0.195. The number of fused-ring (bicyclic) bond motifs is 2. The SMILES string of the molecule is Nc1nc2c(c(=O)[nH]1)CN(Cc1cnc3ccccc3c1)CC2. The Kier molecular flexibility index (Phi) is 3.31. The molecular weight excluding hydrogens is 290 g/mol. The molecule has 0 amide bonds. The Labute approximate surface area is 133 Å². The quantitative estimate of drug-likeness (QED) is 0.748. The number of nitrogens with one attached hydrogen (secondary N) is 1. The molecule has 0 spiro atoms. The summed E-state index contributed by atoms with van der Waals surface area (Å²) in [4.78, 5) is 25.6. The zero-order chi connectivity index (χ0) is 15.8. The summed E-state index contributed by atoms with van der Waals surface area (Å²) in [6, 6.07) is 10.2. The van der Waals surface area contributed by atoms with Crippen LogP contribution in [0, 0.1) is 0 Å². The van der Waals surface area contributed by atoms with E-state index in [0.717, 1.165) is 47.2 Å². The van der Waals surface area contributed by atoms with E-state index in [1.54, 1.807) is 0 Å². The minimum Gasteiger partial charge on any atom is -0.369 e. The number of aromatic nitrogens is 3. The minimum absolute atomic E-state index is 0.131. The lowest BCUT2D eigenvalue weighted by Gasteiger charge is -2.27. The molecule has 1 aromatic carbocycles. The highest BCUT2D eigenvalue weighted by molar-refractivity contribution is 5.78. The van der Waals surface area contributed by atoms with Gasteiger partial charge in [0.1, 0.15) is 0 Å². The first-order valence-electron chi connectivity index (χ1n) is 7.62. The Bertz CT molecular complexity index is 934. The van der Waals surface area contributed by atoms with Gasteiger partial charge in [-0.3, -0.25) is 19.7 Å². The monoisotopic (exact) mass is 307 g/mol. The van der Waals surface area contributed by atoms with Crippen molar-refractivity contribution in [3.05, 3.63) is 63.7 Å². The molecule has 6 heteroatoms. The van der Waals surface area contributed by atoms with Crippen LogP contribution < -0.4 is 11.3 Å². The van der Waals surface area contributed by atoms with Gasteiger partial charge in [-0.2, -0.15) is 0 Å². The number of hydrogen-bond donors (Lipinski definition) is 2. The first kappa shape index (κ1) is 13.9. The van der Waals surface area contributed by atoms with E-state index < -0.39 is 0 Å². The predicted octanol–water partition coefficient (Wildman–Crippen LogP) is 1.46. The molecule has 116 valence electrons. The molecule has 0 radical (unpaired) electrons. The zero-order valence-corrected chi connectivity index (χ0v) is 12.6. The number of nitrogen functional groups attached to an aromatic ring is 1. The summed E-state index contributed by atoms with van der Waals surface area (Å²) in [6.45, 7) is 2.21. The fraction of sp³-hybridized carbons (Fsp3) is 0.235. The van der Waals surface area contributed by atoms with Gasteiger partial charge in [0.05, 0.1) is 16.8 Å². The van der Waals surface area contributed by atoms with Crippen molar-refractivity contribution in [1.82, 2.24) is 19.9 Å². The highest BCUT2D eigenvalue weighted by atomic mass is 16.1. The summed E-state index contributed by atoms with van der Waals surface area (Å²) in [7, 11) is 0. The van der Waals surface area contributed by atoms with Crippen LogP contribution in [0.25, 0.3) is 10.9 Å². The van der Waals surface area contributed by atoms with Crippen molar-refractivity contribution in [3.63, 3.8) is 0 Å². The molecule has 3 heterocycles. The molecule has 0 saturated heterocycles. The van der Waals surface area contributed by atoms with Crippen molar-refractivity contribution < 1.29 is 0 Å². The van der Waals surface area contributed by atoms with Gasteiger partial charge >= 0.3 is 0 Å². The maximum atomic E-state index is 12.0. The van der Waals surface area contributed by atoms with Crippen LogP contribution in [0.1, 0.15) is 16.8 Å². The molecule has 1 aliphatic heterocycles. The van der Waals surface area contributed by atoms with Crippen molar-refractivity contribution in [2.24, 2.45) is 0 Å². The highest BCUT2D eigenvalue weighted by Crippen LogP contribution is 2.18. The largest absolute Gasteiger partial charge is 0.369 e. The average Bonchev–Trinajstić information content (AvgIpc) is 2.55. The number of aromatic amines is 1. The van der Waals surface area contributed by atoms with Gasteiger partial charge in [0.25, 0.3) is 5.56 Å². The Morgan fingerprint density at radius 3 is 3.09 bits per heavy atom. The number of para-hydroxylation sites is 1. The number of benzene rings is 1. The molecular formula is C17H17N5O. The summed E-state index contributed by atoms with van der Waals surface area (Å²) in [6.07, 6.45) is 2.65. The second-order valence-electron chi connectivity index (χ2n) is 5.87. The predicted molar refractivity (Wildman–Crippen MR) is 88.8 cm³/mol. The van der Waals surface area contributed by atoms with Crippen LogP contribution in [0.2, 0.25) is 0 Å². The highest BCUT2D eigenvalue weighted by Gasteiger charge is 2.20. The Morgan fingerprint density at radius 2 is 2.17 bits per heavy atom. The molecule has 0 fully saturated rings. The van der Waals surface area contributed by atoms with Gasteiger partial charge in [-0.25, -0.2) is 4.98 Å². The van der Waals surface area contributed by atoms with Crippen LogP contribution in [-0.2, 0) is 19.5 Å². The normalized spacial score (nSPS) is 14.8. The van der Waals surface area contributed by atoms with Gasteiger partial charge in [0, 0.05) is 37.6 Å². The molecule has 23 heavy (non-hydrogen) atoms. The van der Waals surface area contributed by atoms with Gasteiger partial charge in [0.15, 0.2) is 0 Å². The Morgan fingerprint density at radius 1 is 1.30 bits per heavy atom. The second-order valence-corrected chi connectivity index (χ2v) is 5.87. The molecule has 0 unspecified atom stereocenters. The zero-order valence-electron chi connectivity index (χ0n) is 12.6. The van der Waals surface area contributed by atoms with Crippen LogP contribution in [0.3, 0.4) is 0 Å². The number of hydrogen-bond acceptors (Lipinski definition) is 5. The van der Waals surface area contributed by atoms with Crippen LogP contribution in [-0.4, -0.2) is 26.4 Å². The van der Waals surface area contributed by atoms with E-state index in [1.807, 2.05) is 24.4 Å². The van der Waals surface area contributed by atoms with Gasteiger partial charge in [-0.15, -0.1) is 0 Å². The number of nitrogens with two attached hydrogens (primary N) is 1. The summed E-state index contributed by atoms with van der Waals surface area (Å²) in [5.41, 5.74) is 9.16. The molecule has 2 aromatic heterocycles. The van der Waals surface area contributed by atoms with E-state index in [1.165, 1.54) is 0 Å². The molecule has 3 N–H and O–H groups in total. The van der Waals surface area contributed by atoms with E-state index >= 15 is 0 Å². The van der Waals surface area contributed by atoms with Crippen LogP contribution >= 0.6 is 0 Å². The first-order chi connectivity index (χ1) is 11.2. The number of H-pyrrole nitrogens is 1. The summed E-state index contributed by atoms with van der Waals surface area (Å²) >= 11 is 0. The molecule has 3 aromatic rings. The third kappa shape index (κ3) is 2.68. The molecule has 0 saturated carbocycles. The fourth-order valence-corrected chi connectivity index (χ4v) is 3.10. The first-order valence-corrected chi connectivity index (χ1v) is 7.62. The van der Waals surface area contributed by atoms with Crippen LogP contribution in [0.5, 0.6) is 0 Å². The lowest BCUT2D eigenvalue weighted by atomic mass is 10.1. The Balaban J connectivity index is 1.58. The fourth-order valence-electron chi connectivity index (χ4n) is 3.10. The van der Waals surface area contributed by atoms with Gasteiger partial charge in [-0.1, -0.05) is 18.2 Å². The third-order valence-corrected chi connectivity index (χ3v) is 4.22. The minimum atomic E-state index is -0.131. The van der Waals surface area contributed by atoms with E-state index in [0.29, 0.717) is 6.54 Å². The van der Waals surface area contributed by atoms with E-state index in [9.17, 15) is 4.79 Å². The van der Waals surface area contributed by atoms with Crippen LogP contribution in [0.4, 0.5) is 5.95 Å². The molecule has 4 rings (SSSR count). The van der Waals surface area contributed by atoms with Gasteiger partial charge < -0.3 is 5.73 Å². The number of anilines is 1. The van der Waals surface area contributed by atoms with Crippen molar-refractivity contribution in [1.29, 1.82) is 0 Å². The molecule has 0 aliphatic carbocycles. The third-order valence-electron chi connectivity index (χ3n) is 4.22. The molecule has 0 bridgehead atoms. The second kappa shape index (κ2) is 5.48. The Hall–Kier alpha value is -2.73. The maximum Gasteiger partial charge on any atom is 0.257 e. The summed E-state index contributed by atoms with van der Waals surface area (Å²) in [5, 5.41) is 1.13. The smallest absolute Gasteiger partial charge is 0.257 e. The topological polar surface area (TPSA) is 87.9 Å². The molecule has 1 aliphatic rings. The van der Waals surface area contributed by atoms with E-state index in [-0.39, 0.29) is 11.5 Å². The van der Waals surface area contributed by atoms with Crippen molar-refractivity contribution in [3.8, 4) is 0 Å². The molecule has 6 nitrogen and oxygen atoms in total. The van der Waals surface area contributed by atoms with Crippen molar-refractivity contribution in [2.75, 3.05) is 12.3 Å².